The second-order valence-corrected chi connectivity index (χ2v) is 6.41. The van der Waals surface area contributed by atoms with Gasteiger partial charge >= 0.3 is 0 Å². The molecule has 124 valence electrons. The van der Waals surface area contributed by atoms with Crippen molar-refractivity contribution in [1.29, 1.82) is 0 Å². The lowest BCUT2D eigenvalue weighted by Gasteiger charge is -2.15. The largest absolute Gasteiger partial charge is 0.335 e. The molecule has 6 nitrogen and oxygen atoms in total. The van der Waals surface area contributed by atoms with Gasteiger partial charge in [-0.15, -0.1) is 5.10 Å². The summed E-state index contributed by atoms with van der Waals surface area (Å²) in [5, 5.41) is 5.19. The zero-order valence-electron chi connectivity index (χ0n) is 13.4. The molecular formula is C16H15Cl2N5O. The maximum absolute atomic E-state index is 12.6. The van der Waals surface area contributed by atoms with Crippen LogP contribution >= 0.6 is 23.2 Å². The fraction of sp³-hybridized carbons (Fsp3) is 0.250. The highest BCUT2D eigenvalue weighted by atomic mass is 35.5. The zero-order chi connectivity index (χ0) is 17.4. The Morgan fingerprint density at radius 2 is 1.92 bits per heavy atom. The molecule has 0 aliphatic carbocycles. The van der Waals surface area contributed by atoms with Gasteiger partial charge in [0, 0.05) is 25.0 Å². The molecule has 2 heterocycles. The summed E-state index contributed by atoms with van der Waals surface area (Å²) in [6.45, 7) is 4.14. The Kier molecular flexibility index (Phi) is 4.43. The summed E-state index contributed by atoms with van der Waals surface area (Å²) in [4.78, 5) is 22.6. The number of nitrogens with zero attached hydrogens (tertiary/aromatic N) is 5. The third-order valence-electron chi connectivity index (χ3n) is 3.56. The summed E-state index contributed by atoms with van der Waals surface area (Å²) >= 11 is 11.9. The van der Waals surface area contributed by atoms with Crippen LogP contribution < -0.4 is 0 Å². The molecule has 2 aromatic heterocycles. The molecule has 0 unspecified atom stereocenters. The van der Waals surface area contributed by atoms with Crippen molar-refractivity contribution in [2.75, 3.05) is 7.05 Å². The number of carbonyl (C=O) groups excluding carboxylic acids is 1. The van der Waals surface area contributed by atoms with Crippen molar-refractivity contribution in [2.24, 2.45) is 0 Å². The lowest BCUT2D eigenvalue weighted by atomic mass is 10.2. The van der Waals surface area contributed by atoms with E-state index in [0.29, 0.717) is 22.4 Å². The Balaban J connectivity index is 1.85. The van der Waals surface area contributed by atoms with Gasteiger partial charge in [0.25, 0.3) is 11.7 Å². The van der Waals surface area contributed by atoms with Crippen LogP contribution in [0, 0.1) is 13.8 Å². The number of amides is 1. The minimum Gasteiger partial charge on any atom is -0.335 e. The first-order valence-electron chi connectivity index (χ1n) is 7.25. The van der Waals surface area contributed by atoms with E-state index >= 15 is 0 Å². The van der Waals surface area contributed by atoms with E-state index < -0.39 is 0 Å². The van der Waals surface area contributed by atoms with Gasteiger partial charge in [0.05, 0.1) is 10.0 Å². The first-order chi connectivity index (χ1) is 11.3. The van der Waals surface area contributed by atoms with Crippen molar-refractivity contribution < 1.29 is 4.79 Å². The number of rotatable bonds is 3. The van der Waals surface area contributed by atoms with Gasteiger partial charge in [-0.25, -0.2) is 9.50 Å². The summed E-state index contributed by atoms with van der Waals surface area (Å²) in [5.41, 5.74) is 2.57. The van der Waals surface area contributed by atoms with Crippen molar-refractivity contribution in [2.45, 2.75) is 20.4 Å². The van der Waals surface area contributed by atoms with Crippen LogP contribution in [0.25, 0.3) is 5.78 Å². The van der Waals surface area contributed by atoms with Crippen LogP contribution in [0.3, 0.4) is 0 Å². The average Bonchev–Trinajstić information content (AvgIpc) is 2.94. The van der Waals surface area contributed by atoms with E-state index in [4.69, 9.17) is 23.2 Å². The Hall–Kier alpha value is -2.18. The van der Waals surface area contributed by atoms with Gasteiger partial charge in [-0.1, -0.05) is 29.3 Å². The number of fused-ring (bicyclic) bond motifs is 1. The molecular weight excluding hydrogens is 349 g/mol. The number of benzene rings is 1. The molecule has 0 fully saturated rings. The molecule has 0 aliphatic heterocycles. The normalized spacial score (nSPS) is 11.0. The van der Waals surface area contributed by atoms with Gasteiger partial charge in [-0.3, -0.25) is 4.79 Å². The van der Waals surface area contributed by atoms with Crippen LogP contribution in [0.15, 0.2) is 24.3 Å². The third-order valence-corrected chi connectivity index (χ3v) is 4.30. The molecule has 8 heteroatoms. The Bertz CT molecular complexity index is 938. The quantitative estimate of drug-likeness (QED) is 0.715. The molecule has 3 rings (SSSR count). The number of aryl methyl sites for hydroxylation is 2. The van der Waals surface area contributed by atoms with E-state index in [1.807, 2.05) is 26.0 Å². The van der Waals surface area contributed by atoms with Crippen LogP contribution in [0.4, 0.5) is 0 Å². The number of hydrogen-bond donors (Lipinski definition) is 0. The van der Waals surface area contributed by atoms with Crippen LogP contribution in [-0.2, 0) is 6.54 Å². The molecule has 0 saturated heterocycles. The van der Waals surface area contributed by atoms with Crippen molar-refractivity contribution in [3.8, 4) is 0 Å². The summed E-state index contributed by atoms with van der Waals surface area (Å²) in [6, 6.07) is 7.15. The molecule has 0 N–H and O–H groups in total. The molecule has 0 atom stereocenters. The highest BCUT2D eigenvalue weighted by Gasteiger charge is 2.19. The van der Waals surface area contributed by atoms with Crippen LogP contribution in [-0.4, -0.2) is 37.4 Å². The van der Waals surface area contributed by atoms with Crippen LogP contribution in [0.1, 0.15) is 27.6 Å². The Morgan fingerprint density at radius 1 is 1.17 bits per heavy atom. The highest BCUT2D eigenvalue weighted by Crippen LogP contribution is 2.23. The molecule has 0 aliphatic rings. The van der Waals surface area contributed by atoms with Crippen molar-refractivity contribution in [3.63, 3.8) is 0 Å². The van der Waals surface area contributed by atoms with Crippen molar-refractivity contribution >= 4 is 34.9 Å². The second-order valence-electron chi connectivity index (χ2n) is 5.60. The first kappa shape index (κ1) is 16.7. The average molecular weight is 364 g/mol. The number of aromatic nitrogens is 4. The predicted octanol–water partition coefficient (Wildman–Crippen LogP) is 3.32. The SMILES string of the molecule is Cc1cc(C)n2nc(C(=O)N(C)Cc3ccc(Cl)c(Cl)c3)nc2n1. The van der Waals surface area contributed by atoms with Gasteiger partial charge in [0.1, 0.15) is 0 Å². The smallest absolute Gasteiger partial charge is 0.293 e. The van der Waals surface area contributed by atoms with Gasteiger partial charge in [-0.05, 0) is 37.6 Å². The fourth-order valence-electron chi connectivity index (χ4n) is 2.41. The van der Waals surface area contributed by atoms with E-state index in [1.54, 1.807) is 23.7 Å². The standard InChI is InChI=1S/C16H15Cl2N5O/c1-9-6-10(2)23-16(19-9)20-14(21-23)15(24)22(3)8-11-4-5-12(17)13(18)7-11/h4-7H,8H2,1-3H3. The lowest BCUT2D eigenvalue weighted by molar-refractivity contribution is 0.0773. The molecule has 0 saturated carbocycles. The van der Waals surface area contributed by atoms with E-state index in [-0.39, 0.29) is 11.7 Å². The van der Waals surface area contributed by atoms with Crippen molar-refractivity contribution in [3.05, 3.63) is 57.1 Å². The van der Waals surface area contributed by atoms with Gasteiger partial charge in [0.15, 0.2) is 0 Å². The number of carbonyl (C=O) groups is 1. The molecule has 3 aromatic rings. The van der Waals surface area contributed by atoms with Gasteiger partial charge in [0.2, 0.25) is 5.82 Å². The first-order valence-corrected chi connectivity index (χ1v) is 8.01. The Labute approximate surface area is 149 Å². The molecule has 0 spiro atoms. The molecule has 0 radical (unpaired) electrons. The van der Waals surface area contributed by atoms with Gasteiger partial charge < -0.3 is 4.90 Å². The van der Waals surface area contributed by atoms with E-state index in [9.17, 15) is 4.79 Å². The van der Waals surface area contributed by atoms with E-state index in [1.165, 1.54) is 4.90 Å². The maximum Gasteiger partial charge on any atom is 0.293 e. The molecule has 1 aromatic carbocycles. The minimum absolute atomic E-state index is 0.110. The summed E-state index contributed by atoms with van der Waals surface area (Å²) in [5.74, 6) is 0.237. The molecule has 0 bridgehead atoms. The second kappa shape index (κ2) is 6.37. The fourth-order valence-corrected chi connectivity index (χ4v) is 2.73. The lowest BCUT2D eigenvalue weighted by Crippen LogP contribution is -2.27. The van der Waals surface area contributed by atoms with Gasteiger partial charge in [-0.2, -0.15) is 4.98 Å². The van der Waals surface area contributed by atoms with E-state index in [2.05, 4.69) is 15.1 Å². The van der Waals surface area contributed by atoms with Crippen LogP contribution in [0.2, 0.25) is 10.0 Å². The number of halogens is 2. The van der Waals surface area contributed by atoms with E-state index in [0.717, 1.165) is 17.0 Å². The maximum atomic E-state index is 12.6. The summed E-state index contributed by atoms with van der Waals surface area (Å²) in [6.07, 6.45) is 0. The topological polar surface area (TPSA) is 63.4 Å². The number of hydrogen-bond acceptors (Lipinski definition) is 4. The summed E-state index contributed by atoms with van der Waals surface area (Å²) < 4.78 is 1.56. The van der Waals surface area contributed by atoms with Crippen LogP contribution in [0.5, 0.6) is 0 Å². The molecule has 1 amide bonds. The third kappa shape index (κ3) is 3.20. The molecule has 24 heavy (non-hydrogen) atoms. The van der Waals surface area contributed by atoms with Crippen molar-refractivity contribution in [1.82, 2.24) is 24.5 Å². The monoisotopic (exact) mass is 363 g/mol. The highest BCUT2D eigenvalue weighted by molar-refractivity contribution is 6.42. The predicted molar refractivity (Wildman–Crippen MR) is 92.5 cm³/mol. The summed E-state index contributed by atoms with van der Waals surface area (Å²) in [7, 11) is 1.68. The zero-order valence-corrected chi connectivity index (χ0v) is 14.9. The Morgan fingerprint density at radius 3 is 2.62 bits per heavy atom. The minimum atomic E-state index is -0.288.